The van der Waals surface area contributed by atoms with Gasteiger partial charge in [-0.25, -0.2) is 9.07 Å². The van der Waals surface area contributed by atoms with Crippen LogP contribution in [-0.4, -0.2) is 15.7 Å². The number of hydrogen-bond acceptors (Lipinski definition) is 2. The molecule has 1 aromatic heterocycles. The van der Waals surface area contributed by atoms with E-state index in [1.807, 2.05) is 24.3 Å². The Kier molecular flexibility index (Phi) is 4.76. The molecule has 2 aromatic carbocycles. The molecule has 3 aromatic rings. The first-order valence-corrected chi connectivity index (χ1v) is 8.16. The molecule has 24 heavy (non-hydrogen) atoms. The molecule has 0 unspecified atom stereocenters. The predicted molar refractivity (Wildman–Crippen MR) is 94.6 cm³/mol. The third-order valence-corrected chi connectivity index (χ3v) is 4.44. The number of nitrogens with zero attached hydrogens (tertiary/aromatic N) is 2. The number of halogens is 2. The van der Waals surface area contributed by atoms with Gasteiger partial charge in [0.1, 0.15) is 11.6 Å². The highest BCUT2D eigenvalue weighted by Crippen LogP contribution is 2.19. The highest BCUT2D eigenvalue weighted by molar-refractivity contribution is 9.10. The Hall–Kier alpha value is -2.47. The van der Waals surface area contributed by atoms with E-state index in [1.54, 1.807) is 36.0 Å². The standard InChI is InChI=1S/C18H15BrFN3O/c1-12-6-7-13(10-16(12)20)18(24)22-17-8-9-21-23(17)11-14-4-2-3-5-15(14)19/h2-10H,11H2,1H3,(H,22,24). The minimum absolute atomic E-state index is 0.270. The van der Waals surface area contributed by atoms with Gasteiger partial charge in [0.2, 0.25) is 0 Å². The van der Waals surface area contributed by atoms with Gasteiger partial charge in [-0.2, -0.15) is 5.10 Å². The fraction of sp³-hybridized carbons (Fsp3) is 0.111. The molecule has 4 nitrogen and oxygen atoms in total. The second-order valence-electron chi connectivity index (χ2n) is 5.38. The number of nitrogens with one attached hydrogen (secondary N) is 1. The molecule has 0 aliphatic heterocycles. The van der Waals surface area contributed by atoms with E-state index in [0.29, 0.717) is 17.9 Å². The van der Waals surface area contributed by atoms with Gasteiger partial charge in [-0.15, -0.1) is 0 Å². The zero-order chi connectivity index (χ0) is 17.1. The number of aryl methyl sites for hydroxylation is 1. The molecule has 0 aliphatic carbocycles. The Labute approximate surface area is 147 Å². The van der Waals surface area contributed by atoms with E-state index in [0.717, 1.165) is 10.0 Å². The molecule has 0 atom stereocenters. The van der Waals surface area contributed by atoms with Crippen LogP contribution in [0.5, 0.6) is 0 Å². The van der Waals surface area contributed by atoms with Gasteiger partial charge in [-0.3, -0.25) is 4.79 Å². The summed E-state index contributed by atoms with van der Waals surface area (Å²) in [4.78, 5) is 12.3. The number of hydrogen-bond donors (Lipinski definition) is 1. The van der Waals surface area contributed by atoms with Crippen molar-refractivity contribution in [2.45, 2.75) is 13.5 Å². The van der Waals surface area contributed by atoms with Gasteiger partial charge in [-0.05, 0) is 36.2 Å². The molecule has 3 rings (SSSR count). The Morgan fingerprint density at radius 1 is 1.25 bits per heavy atom. The van der Waals surface area contributed by atoms with Crippen LogP contribution >= 0.6 is 15.9 Å². The van der Waals surface area contributed by atoms with Gasteiger partial charge in [0.05, 0.1) is 12.7 Å². The number of carbonyl (C=O) groups excluding carboxylic acids is 1. The van der Waals surface area contributed by atoms with E-state index in [-0.39, 0.29) is 11.5 Å². The molecule has 6 heteroatoms. The molecule has 122 valence electrons. The van der Waals surface area contributed by atoms with Crippen molar-refractivity contribution in [2.24, 2.45) is 0 Å². The van der Waals surface area contributed by atoms with Crippen LogP contribution in [0.1, 0.15) is 21.5 Å². The van der Waals surface area contributed by atoms with E-state index >= 15 is 0 Å². The highest BCUT2D eigenvalue weighted by Gasteiger charge is 2.12. The molecule has 1 N–H and O–H groups in total. The summed E-state index contributed by atoms with van der Waals surface area (Å²) in [7, 11) is 0. The quantitative estimate of drug-likeness (QED) is 0.721. The van der Waals surface area contributed by atoms with Crippen LogP contribution in [0.15, 0.2) is 59.2 Å². The van der Waals surface area contributed by atoms with Crippen molar-refractivity contribution in [3.8, 4) is 0 Å². The second kappa shape index (κ2) is 6.97. The van der Waals surface area contributed by atoms with Gasteiger partial charge < -0.3 is 5.32 Å². The summed E-state index contributed by atoms with van der Waals surface area (Å²) in [6, 6.07) is 13.9. The number of aromatic nitrogens is 2. The first-order valence-electron chi connectivity index (χ1n) is 7.37. The Bertz CT molecular complexity index is 891. The van der Waals surface area contributed by atoms with Crippen molar-refractivity contribution in [2.75, 3.05) is 5.32 Å². The van der Waals surface area contributed by atoms with E-state index in [9.17, 15) is 9.18 Å². The minimum atomic E-state index is -0.399. The molecule has 0 saturated heterocycles. The molecule has 0 radical (unpaired) electrons. The molecular weight excluding hydrogens is 373 g/mol. The lowest BCUT2D eigenvalue weighted by atomic mass is 10.1. The maximum atomic E-state index is 13.6. The third kappa shape index (κ3) is 3.54. The van der Waals surface area contributed by atoms with Crippen LogP contribution < -0.4 is 5.32 Å². The van der Waals surface area contributed by atoms with Crippen molar-refractivity contribution in [1.82, 2.24) is 9.78 Å². The lowest BCUT2D eigenvalue weighted by molar-refractivity contribution is 0.102. The van der Waals surface area contributed by atoms with Crippen LogP contribution in [0, 0.1) is 12.7 Å². The monoisotopic (exact) mass is 387 g/mol. The van der Waals surface area contributed by atoms with E-state index in [4.69, 9.17) is 0 Å². The molecule has 0 bridgehead atoms. The number of benzene rings is 2. The summed E-state index contributed by atoms with van der Waals surface area (Å²) in [5.74, 6) is -0.219. The van der Waals surface area contributed by atoms with Crippen LogP contribution in [0.3, 0.4) is 0 Å². The summed E-state index contributed by atoms with van der Waals surface area (Å²) in [5.41, 5.74) is 1.82. The maximum absolute atomic E-state index is 13.6. The highest BCUT2D eigenvalue weighted by atomic mass is 79.9. The molecule has 0 aliphatic rings. The van der Waals surface area contributed by atoms with Crippen molar-refractivity contribution in [3.05, 3.63) is 81.7 Å². The van der Waals surface area contributed by atoms with Crippen molar-refractivity contribution in [3.63, 3.8) is 0 Å². The van der Waals surface area contributed by atoms with Crippen molar-refractivity contribution in [1.29, 1.82) is 0 Å². The van der Waals surface area contributed by atoms with Gasteiger partial charge >= 0.3 is 0 Å². The minimum Gasteiger partial charge on any atom is -0.307 e. The summed E-state index contributed by atoms with van der Waals surface area (Å²) in [6.45, 7) is 2.16. The van der Waals surface area contributed by atoms with Crippen molar-refractivity contribution >= 4 is 27.7 Å². The largest absolute Gasteiger partial charge is 0.307 e. The zero-order valence-electron chi connectivity index (χ0n) is 13.0. The Morgan fingerprint density at radius 3 is 2.79 bits per heavy atom. The molecular formula is C18H15BrFN3O. The first kappa shape index (κ1) is 16.4. The maximum Gasteiger partial charge on any atom is 0.256 e. The molecule has 1 heterocycles. The van der Waals surface area contributed by atoms with E-state index < -0.39 is 5.82 Å². The van der Waals surface area contributed by atoms with Gasteiger partial charge in [0, 0.05) is 16.1 Å². The van der Waals surface area contributed by atoms with Gasteiger partial charge in [-0.1, -0.05) is 40.2 Å². The fourth-order valence-electron chi connectivity index (χ4n) is 2.28. The van der Waals surface area contributed by atoms with E-state index in [1.165, 1.54) is 6.07 Å². The number of amides is 1. The molecule has 0 saturated carbocycles. The number of rotatable bonds is 4. The second-order valence-corrected chi connectivity index (χ2v) is 6.24. The van der Waals surface area contributed by atoms with Crippen LogP contribution in [-0.2, 0) is 6.54 Å². The molecule has 0 fully saturated rings. The average molecular weight is 388 g/mol. The summed E-state index contributed by atoms with van der Waals surface area (Å²) < 4.78 is 16.3. The van der Waals surface area contributed by atoms with Crippen LogP contribution in [0.4, 0.5) is 10.2 Å². The van der Waals surface area contributed by atoms with E-state index in [2.05, 4.69) is 26.3 Å². The third-order valence-electron chi connectivity index (χ3n) is 3.67. The number of anilines is 1. The van der Waals surface area contributed by atoms with Crippen molar-refractivity contribution < 1.29 is 9.18 Å². The first-order chi connectivity index (χ1) is 11.5. The predicted octanol–water partition coefficient (Wildman–Crippen LogP) is 4.39. The zero-order valence-corrected chi connectivity index (χ0v) is 14.5. The number of carbonyl (C=O) groups is 1. The smallest absolute Gasteiger partial charge is 0.256 e. The Balaban J connectivity index is 1.79. The normalized spacial score (nSPS) is 10.6. The lowest BCUT2D eigenvalue weighted by Crippen LogP contribution is -2.16. The van der Waals surface area contributed by atoms with Gasteiger partial charge in [0.15, 0.2) is 0 Å². The molecule has 1 amide bonds. The fourth-order valence-corrected chi connectivity index (χ4v) is 2.69. The lowest BCUT2D eigenvalue weighted by Gasteiger charge is -2.10. The SMILES string of the molecule is Cc1ccc(C(=O)Nc2ccnn2Cc2ccccc2Br)cc1F. The Morgan fingerprint density at radius 2 is 2.04 bits per heavy atom. The summed E-state index contributed by atoms with van der Waals surface area (Å²) in [5, 5.41) is 7.01. The van der Waals surface area contributed by atoms with Gasteiger partial charge in [0.25, 0.3) is 5.91 Å². The summed E-state index contributed by atoms with van der Waals surface area (Å²) in [6.07, 6.45) is 1.61. The summed E-state index contributed by atoms with van der Waals surface area (Å²) >= 11 is 3.50. The van der Waals surface area contributed by atoms with Crippen LogP contribution in [0.2, 0.25) is 0 Å². The topological polar surface area (TPSA) is 46.9 Å². The molecule has 0 spiro atoms. The van der Waals surface area contributed by atoms with Crippen LogP contribution in [0.25, 0.3) is 0 Å². The average Bonchev–Trinajstić information content (AvgIpc) is 2.99.